The van der Waals surface area contributed by atoms with Crippen LogP contribution >= 0.6 is 0 Å². The molecule has 154 valence electrons. The average Bonchev–Trinajstić information content (AvgIpc) is 2.75. The Morgan fingerprint density at radius 2 is 1.62 bits per heavy atom. The number of hydrogen-bond acceptors (Lipinski definition) is 4. The van der Waals surface area contributed by atoms with Gasteiger partial charge in [0.15, 0.2) is 0 Å². The Balaban J connectivity index is 1.98. The van der Waals surface area contributed by atoms with E-state index in [0.717, 1.165) is 61.0 Å². The molecular weight excluding hydrogens is 360 g/mol. The fourth-order valence-electron chi connectivity index (χ4n) is 3.69. The predicted molar refractivity (Wildman–Crippen MR) is 120 cm³/mol. The molecule has 4 heteroatoms. The zero-order valence-electron chi connectivity index (χ0n) is 17.5. The van der Waals surface area contributed by atoms with Crippen molar-refractivity contribution in [2.75, 3.05) is 19.6 Å². The summed E-state index contributed by atoms with van der Waals surface area (Å²) in [4.78, 5) is 7.05. The number of rotatable bonds is 10. The first-order valence-electron chi connectivity index (χ1n) is 10.7. The van der Waals surface area contributed by atoms with Crippen LogP contribution in [0.2, 0.25) is 0 Å². The topological polar surface area (TPSA) is 56.6 Å². The van der Waals surface area contributed by atoms with Gasteiger partial charge in [-0.25, -0.2) is 4.98 Å². The van der Waals surface area contributed by atoms with E-state index in [1.165, 1.54) is 0 Å². The molecule has 1 unspecified atom stereocenters. The maximum absolute atomic E-state index is 11.2. The summed E-state index contributed by atoms with van der Waals surface area (Å²) in [7, 11) is 0. The van der Waals surface area contributed by atoms with E-state index >= 15 is 0 Å². The third kappa shape index (κ3) is 5.34. The number of hydrogen-bond donors (Lipinski definition) is 2. The van der Waals surface area contributed by atoms with Crippen molar-refractivity contribution in [2.24, 2.45) is 0 Å². The van der Waals surface area contributed by atoms with Gasteiger partial charge in [-0.1, -0.05) is 69.2 Å². The number of nitrogens with zero attached hydrogens (tertiary/aromatic N) is 2. The summed E-state index contributed by atoms with van der Waals surface area (Å²) >= 11 is 0. The molecule has 0 radical (unpaired) electrons. The second kappa shape index (κ2) is 10.4. The minimum atomic E-state index is -0.640. The first-order chi connectivity index (χ1) is 14.1. The van der Waals surface area contributed by atoms with Gasteiger partial charge < -0.3 is 15.1 Å². The number of benzene rings is 2. The maximum atomic E-state index is 11.2. The quantitative estimate of drug-likeness (QED) is 0.475. The molecule has 0 aliphatic heterocycles. The lowest BCUT2D eigenvalue weighted by Gasteiger charge is -2.26. The zero-order valence-corrected chi connectivity index (χ0v) is 17.5. The highest BCUT2D eigenvalue weighted by atomic mass is 16.3. The molecule has 29 heavy (non-hydrogen) atoms. The summed E-state index contributed by atoms with van der Waals surface area (Å²) in [6.07, 6.45) is 3.90. The number of aromatic hydroxyl groups is 1. The predicted octanol–water partition coefficient (Wildman–Crippen LogP) is 5.54. The van der Waals surface area contributed by atoms with Crippen molar-refractivity contribution in [1.29, 1.82) is 0 Å². The minimum Gasteiger partial charge on any atom is -0.506 e. The summed E-state index contributed by atoms with van der Waals surface area (Å²) < 4.78 is 0. The molecule has 0 amide bonds. The molecule has 1 heterocycles. The zero-order chi connectivity index (χ0) is 20.6. The van der Waals surface area contributed by atoms with Crippen molar-refractivity contribution in [3.63, 3.8) is 0 Å². The number of pyridine rings is 1. The Labute approximate surface area is 173 Å². The summed E-state index contributed by atoms with van der Waals surface area (Å²) in [5.74, 6) is 0.141. The molecule has 2 N–H and O–H groups in total. The number of aliphatic hydroxyl groups excluding tert-OH is 1. The first kappa shape index (κ1) is 21.3. The number of fused-ring (bicyclic) bond motifs is 1. The van der Waals surface area contributed by atoms with Crippen molar-refractivity contribution in [1.82, 2.24) is 9.88 Å². The van der Waals surface area contributed by atoms with Gasteiger partial charge in [-0.2, -0.15) is 0 Å². The number of phenolic OH excluding ortho intramolecular Hbond substituents is 1. The second-order valence-electron chi connectivity index (χ2n) is 7.66. The monoisotopic (exact) mass is 392 g/mol. The number of unbranched alkanes of at least 4 members (excludes halogenated alkanes) is 2. The lowest BCUT2D eigenvalue weighted by Crippen LogP contribution is -2.31. The highest BCUT2D eigenvalue weighted by Gasteiger charge is 2.19. The van der Waals surface area contributed by atoms with E-state index in [4.69, 9.17) is 4.98 Å². The van der Waals surface area contributed by atoms with Gasteiger partial charge in [0.05, 0.1) is 11.8 Å². The van der Waals surface area contributed by atoms with Gasteiger partial charge in [0.1, 0.15) is 11.3 Å². The molecule has 0 fully saturated rings. The van der Waals surface area contributed by atoms with Crippen LogP contribution in [0.1, 0.15) is 51.2 Å². The number of aliphatic hydroxyl groups is 1. The van der Waals surface area contributed by atoms with Crippen LogP contribution in [-0.4, -0.2) is 39.7 Å². The molecule has 0 aliphatic rings. The van der Waals surface area contributed by atoms with Gasteiger partial charge in [-0.05, 0) is 43.6 Å². The summed E-state index contributed by atoms with van der Waals surface area (Å²) in [6, 6.07) is 17.3. The number of aromatic nitrogens is 1. The molecule has 0 spiro atoms. The molecule has 2 aromatic carbocycles. The molecule has 1 aromatic heterocycles. The molecular formula is C25H32N2O2. The molecule has 1 atom stereocenters. The molecule has 0 saturated heterocycles. The number of para-hydroxylation sites is 1. The van der Waals surface area contributed by atoms with Crippen molar-refractivity contribution in [3.8, 4) is 17.0 Å². The van der Waals surface area contributed by atoms with Crippen LogP contribution in [0.4, 0.5) is 0 Å². The van der Waals surface area contributed by atoms with Crippen LogP contribution in [0.15, 0.2) is 54.6 Å². The van der Waals surface area contributed by atoms with Crippen molar-refractivity contribution in [3.05, 3.63) is 60.2 Å². The van der Waals surface area contributed by atoms with Crippen LogP contribution in [0, 0.1) is 0 Å². The summed E-state index contributed by atoms with van der Waals surface area (Å²) in [5, 5.41) is 22.4. The standard InChI is InChI=1S/C25H32N2O2/c1-3-5-15-27(16-6-4-2)18-24(29)21-17-22(19-11-8-7-9-12-19)26-25-20(21)13-10-14-23(25)28/h7-14,17,24,28-29H,3-6,15-16,18H2,1-2H3. The van der Waals surface area contributed by atoms with Crippen molar-refractivity contribution in [2.45, 2.75) is 45.6 Å². The largest absolute Gasteiger partial charge is 0.506 e. The van der Waals surface area contributed by atoms with Gasteiger partial charge in [-0.15, -0.1) is 0 Å². The summed E-state index contributed by atoms with van der Waals surface area (Å²) in [5.41, 5.74) is 3.10. The smallest absolute Gasteiger partial charge is 0.141 e. The van der Waals surface area contributed by atoms with Gasteiger partial charge in [0.25, 0.3) is 0 Å². The van der Waals surface area contributed by atoms with Crippen LogP contribution in [0.25, 0.3) is 22.2 Å². The van der Waals surface area contributed by atoms with Crippen molar-refractivity contribution < 1.29 is 10.2 Å². The normalized spacial score (nSPS) is 12.6. The third-order valence-corrected chi connectivity index (χ3v) is 5.37. The lowest BCUT2D eigenvalue weighted by molar-refractivity contribution is 0.112. The Morgan fingerprint density at radius 1 is 0.931 bits per heavy atom. The van der Waals surface area contributed by atoms with Gasteiger partial charge in [0.2, 0.25) is 0 Å². The van der Waals surface area contributed by atoms with Crippen molar-refractivity contribution >= 4 is 10.9 Å². The van der Waals surface area contributed by atoms with Crippen LogP contribution < -0.4 is 0 Å². The van der Waals surface area contributed by atoms with E-state index in [9.17, 15) is 10.2 Å². The third-order valence-electron chi connectivity index (χ3n) is 5.37. The van der Waals surface area contributed by atoms with E-state index in [-0.39, 0.29) is 5.75 Å². The highest BCUT2D eigenvalue weighted by Crippen LogP contribution is 2.33. The fourth-order valence-corrected chi connectivity index (χ4v) is 3.69. The summed E-state index contributed by atoms with van der Waals surface area (Å²) in [6.45, 7) is 6.96. The Kier molecular flexibility index (Phi) is 7.62. The van der Waals surface area contributed by atoms with Crippen LogP contribution in [-0.2, 0) is 0 Å². The van der Waals surface area contributed by atoms with Crippen LogP contribution in [0.5, 0.6) is 5.75 Å². The molecule has 0 saturated carbocycles. The lowest BCUT2D eigenvalue weighted by atomic mass is 9.99. The first-order valence-corrected chi connectivity index (χ1v) is 10.7. The molecule has 3 aromatic rings. The second-order valence-corrected chi connectivity index (χ2v) is 7.66. The maximum Gasteiger partial charge on any atom is 0.141 e. The highest BCUT2D eigenvalue weighted by molar-refractivity contribution is 5.89. The SMILES string of the molecule is CCCCN(CCCC)CC(O)c1cc(-c2ccccc2)nc2c(O)cccc12. The average molecular weight is 393 g/mol. The van der Waals surface area contributed by atoms with Crippen LogP contribution in [0.3, 0.4) is 0 Å². The number of phenols is 1. The fraction of sp³-hybridized carbons (Fsp3) is 0.400. The molecule has 4 nitrogen and oxygen atoms in total. The van der Waals surface area contributed by atoms with Gasteiger partial charge in [0, 0.05) is 17.5 Å². The Morgan fingerprint density at radius 3 is 2.28 bits per heavy atom. The van der Waals surface area contributed by atoms with E-state index in [2.05, 4.69) is 18.7 Å². The minimum absolute atomic E-state index is 0.141. The Bertz CT molecular complexity index is 903. The Hall–Kier alpha value is -2.43. The molecule has 0 bridgehead atoms. The van der Waals surface area contributed by atoms with E-state index in [1.54, 1.807) is 6.07 Å². The van der Waals surface area contributed by atoms with E-state index in [0.29, 0.717) is 12.1 Å². The van der Waals surface area contributed by atoms with Gasteiger partial charge >= 0.3 is 0 Å². The van der Waals surface area contributed by atoms with Gasteiger partial charge in [-0.3, -0.25) is 0 Å². The molecule has 0 aliphatic carbocycles. The van der Waals surface area contributed by atoms with E-state index < -0.39 is 6.10 Å². The molecule has 3 rings (SSSR count). The van der Waals surface area contributed by atoms with E-state index in [1.807, 2.05) is 48.5 Å².